The number of benzene rings is 2. The van der Waals surface area contributed by atoms with Crippen LogP contribution in [0.15, 0.2) is 53.4 Å². The number of alkyl halides is 7. The topological polar surface area (TPSA) is 109 Å². The average Bonchev–Trinajstić information content (AvgIpc) is 3.43. The number of carbonyl (C=O) groups is 2. The van der Waals surface area contributed by atoms with E-state index in [0.29, 0.717) is 12.1 Å². The molecule has 2 aromatic carbocycles. The molecular formula is C28H28F8N2O6S2. The van der Waals surface area contributed by atoms with Crippen molar-refractivity contribution in [1.82, 2.24) is 9.80 Å². The van der Waals surface area contributed by atoms with Gasteiger partial charge < -0.3 is 9.80 Å². The molecule has 18 heteroatoms. The van der Waals surface area contributed by atoms with E-state index in [-0.39, 0.29) is 18.7 Å². The summed E-state index contributed by atoms with van der Waals surface area (Å²) < 4.78 is 159. The third-order valence-corrected chi connectivity index (χ3v) is 12.8. The molecule has 2 aromatic rings. The summed E-state index contributed by atoms with van der Waals surface area (Å²) in [7, 11) is -5.66. The number of hydrogen-bond donors (Lipinski definition) is 0. The van der Waals surface area contributed by atoms with Crippen LogP contribution in [0.1, 0.15) is 30.4 Å². The minimum Gasteiger partial charge on any atom is -0.348 e. The van der Waals surface area contributed by atoms with Gasteiger partial charge >= 0.3 is 18.0 Å². The Balaban J connectivity index is 1.85. The fraction of sp³-hybridized carbons (Fsp3) is 0.500. The Morgan fingerprint density at radius 2 is 1.33 bits per heavy atom. The molecular weight excluding hydrogens is 676 g/mol. The van der Waals surface area contributed by atoms with Gasteiger partial charge in [-0.15, -0.1) is 0 Å². The minimum absolute atomic E-state index is 0.159. The molecule has 0 bridgehead atoms. The summed E-state index contributed by atoms with van der Waals surface area (Å²) >= 11 is 0. The van der Waals surface area contributed by atoms with E-state index in [0.717, 1.165) is 34.1 Å². The average molecular weight is 705 g/mol. The van der Waals surface area contributed by atoms with Crippen molar-refractivity contribution in [1.29, 1.82) is 0 Å². The maximum Gasteiger partial charge on any atom is 0.435 e. The molecule has 2 aliphatic rings. The van der Waals surface area contributed by atoms with Gasteiger partial charge in [-0.2, -0.15) is 26.3 Å². The zero-order chi connectivity index (χ0) is 34.7. The van der Waals surface area contributed by atoms with Gasteiger partial charge in [-0.3, -0.25) is 9.59 Å². The number of likely N-dealkylation sites (tertiary alicyclic amines) is 1. The second-order valence-electron chi connectivity index (χ2n) is 11.6. The van der Waals surface area contributed by atoms with Crippen LogP contribution in [-0.2, 0) is 39.7 Å². The highest BCUT2D eigenvalue weighted by Gasteiger charge is 2.73. The van der Waals surface area contributed by atoms with Gasteiger partial charge in [-0.1, -0.05) is 24.3 Å². The van der Waals surface area contributed by atoms with Gasteiger partial charge in [-0.05, 0) is 49.1 Å². The molecule has 0 N–H and O–H groups in total. The molecule has 0 aromatic heterocycles. The van der Waals surface area contributed by atoms with Crippen LogP contribution < -0.4 is 0 Å². The van der Waals surface area contributed by atoms with Crippen molar-refractivity contribution < 1.29 is 61.5 Å². The number of hydrogen-bond acceptors (Lipinski definition) is 6. The molecule has 4 rings (SSSR count). The molecule has 8 nitrogen and oxygen atoms in total. The van der Waals surface area contributed by atoms with Crippen molar-refractivity contribution in [2.24, 2.45) is 5.41 Å². The van der Waals surface area contributed by atoms with Crippen molar-refractivity contribution in [3.05, 3.63) is 65.5 Å². The summed E-state index contributed by atoms with van der Waals surface area (Å²) in [6, 6.07) is 4.87. The molecule has 2 saturated heterocycles. The van der Waals surface area contributed by atoms with E-state index in [9.17, 15) is 61.5 Å². The summed E-state index contributed by atoms with van der Waals surface area (Å²) in [5, 5.41) is 0. The molecule has 2 fully saturated rings. The Bertz CT molecular complexity index is 1700. The highest BCUT2D eigenvalue weighted by Crippen LogP contribution is 2.54. The number of rotatable bonds is 6. The highest BCUT2D eigenvalue weighted by molar-refractivity contribution is 7.92. The lowest BCUT2D eigenvalue weighted by molar-refractivity contribution is -0.348. The number of amides is 2. The number of carbonyl (C=O) groups excluding carboxylic acids is 2. The largest absolute Gasteiger partial charge is 0.435 e. The maximum atomic E-state index is 14.8. The Morgan fingerprint density at radius 3 is 1.78 bits per heavy atom. The smallest absolute Gasteiger partial charge is 0.348 e. The molecule has 0 aliphatic carbocycles. The quantitative estimate of drug-likeness (QED) is 0.252. The first-order chi connectivity index (χ1) is 21.0. The van der Waals surface area contributed by atoms with Gasteiger partial charge in [0.1, 0.15) is 25.8 Å². The predicted octanol–water partition coefficient (Wildman–Crippen LogP) is 4.30. The molecule has 254 valence electrons. The third-order valence-electron chi connectivity index (χ3n) is 8.65. The van der Waals surface area contributed by atoms with Crippen molar-refractivity contribution in [3.8, 4) is 0 Å². The SMILES string of the molecule is CN(C)C(=O)C1(C(=O)N2CCC(c3ccc(C(F)(C(F)(F)F)C(F)(F)F)cc3)(S(=O)(=O)c3ccc(F)cc3)C2)CCS(=O)(=O)CC1. The van der Waals surface area contributed by atoms with E-state index < -0.39 is 119 Å². The summed E-state index contributed by atoms with van der Waals surface area (Å²) in [6.07, 6.45) is -14.2. The standard InChI is InChI=1S/C28H28F8N2O6S2/c1-37(2)22(39)24(12-15-45(41,42)16-13-24)23(40)38-14-11-25(17-38,46(43,44)21-9-7-20(29)8-10-21)18-3-5-19(6-4-18)26(30,27(31,32)33)28(34,35)36/h3-10H,11-17H2,1-2H3. The zero-order valence-electron chi connectivity index (χ0n) is 24.3. The summed E-state index contributed by atoms with van der Waals surface area (Å²) in [4.78, 5) is 28.9. The Hall–Kier alpha value is -3.28. The molecule has 0 saturated carbocycles. The molecule has 0 spiro atoms. The van der Waals surface area contributed by atoms with Crippen LogP contribution >= 0.6 is 0 Å². The second kappa shape index (κ2) is 11.5. The second-order valence-corrected chi connectivity index (χ2v) is 16.2. The lowest BCUT2D eigenvalue weighted by Crippen LogP contribution is -2.56. The van der Waals surface area contributed by atoms with E-state index in [2.05, 4.69) is 0 Å². The maximum absolute atomic E-state index is 14.8. The first kappa shape index (κ1) is 35.6. The number of sulfone groups is 2. The first-order valence-corrected chi connectivity index (χ1v) is 16.9. The third kappa shape index (κ3) is 5.64. The fourth-order valence-corrected chi connectivity index (χ4v) is 9.63. The zero-order valence-corrected chi connectivity index (χ0v) is 25.9. The highest BCUT2D eigenvalue weighted by atomic mass is 32.2. The summed E-state index contributed by atoms with van der Waals surface area (Å²) in [6.45, 7) is -1.15. The van der Waals surface area contributed by atoms with Gasteiger partial charge in [-0.25, -0.2) is 25.6 Å². The molecule has 0 radical (unpaired) electrons. The fourth-order valence-electron chi connectivity index (χ4n) is 6.03. The molecule has 2 amide bonds. The van der Waals surface area contributed by atoms with E-state index in [1.807, 2.05) is 0 Å². The van der Waals surface area contributed by atoms with Crippen LogP contribution in [0, 0.1) is 11.2 Å². The van der Waals surface area contributed by atoms with Crippen LogP contribution in [-0.4, -0.2) is 89.5 Å². The number of nitrogens with zero attached hydrogens (tertiary/aromatic N) is 2. The van der Waals surface area contributed by atoms with E-state index in [4.69, 9.17) is 0 Å². The van der Waals surface area contributed by atoms with Gasteiger partial charge in [0.05, 0.1) is 16.4 Å². The summed E-state index contributed by atoms with van der Waals surface area (Å²) in [5.74, 6) is -3.51. The van der Waals surface area contributed by atoms with Gasteiger partial charge in [0.15, 0.2) is 9.84 Å². The van der Waals surface area contributed by atoms with Crippen molar-refractivity contribution >= 4 is 31.5 Å². The van der Waals surface area contributed by atoms with E-state index in [1.165, 1.54) is 14.1 Å². The molecule has 2 heterocycles. The van der Waals surface area contributed by atoms with Gasteiger partial charge in [0, 0.05) is 32.7 Å². The Labute approximate surface area is 259 Å². The molecule has 2 aliphatic heterocycles. The van der Waals surface area contributed by atoms with Crippen LogP contribution in [0.3, 0.4) is 0 Å². The normalized spacial score (nSPS) is 22.0. The van der Waals surface area contributed by atoms with Gasteiger partial charge in [0.25, 0.3) is 0 Å². The van der Waals surface area contributed by atoms with Crippen molar-refractivity contribution in [3.63, 3.8) is 0 Å². The molecule has 1 unspecified atom stereocenters. The van der Waals surface area contributed by atoms with Gasteiger partial charge in [0.2, 0.25) is 11.8 Å². The lowest BCUT2D eigenvalue weighted by atomic mass is 9.79. The molecule has 46 heavy (non-hydrogen) atoms. The van der Waals surface area contributed by atoms with E-state index >= 15 is 0 Å². The van der Waals surface area contributed by atoms with Crippen LogP contribution in [0.5, 0.6) is 0 Å². The number of halogens is 8. The van der Waals surface area contributed by atoms with Crippen LogP contribution in [0.4, 0.5) is 35.1 Å². The van der Waals surface area contributed by atoms with Crippen molar-refractivity contribution in [2.45, 2.75) is 46.9 Å². The first-order valence-electron chi connectivity index (χ1n) is 13.6. The molecule has 1 atom stereocenters. The lowest BCUT2D eigenvalue weighted by Gasteiger charge is -2.39. The van der Waals surface area contributed by atoms with Crippen LogP contribution in [0.25, 0.3) is 0 Å². The van der Waals surface area contributed by atoms with E-state index in [1.54, 1.807) is 0 Å². The summed E-state index contributed by atoms with van der Waals surface area (Å²) in [5.41, 5.74) is -9.96. The van der Waals surface area contributed by atoms with Crippen molar-refractivity contribution in [2.75, 3.05) is 38.7 Å². The predicted molar refractivity (Wildman–Crippen MR) is 147 cm³/mol. The Morgan fingerprint density at radius 1 is 0.826 bits per heavy atom. The monoisotopic (exact) mass is 704 g/mol. The van der Waals surface area contributed by atoms with Crippen LogP contribution in [0.2, 0.25) is 0 Å². The Kier molecular flexibility index (Phi) is 8.86. The minimum atomic E-state index is -6.43.